The van der Waals surface area contributed by atoms with Crippen molar-refractivity contribution in [1.82, 2.24) is 4.31 Å². The van der Waals surface area contributed by atoms with Crippen LogP contribution < -0.4 is 0 Å². The summed E-state index contributed by atoms with van der Waals surface area (Å²) in [5, 5.41) is 0. The van der Waals surface area contributed by atoms with E-state index in [0.29, 0.717) is 31.7 Å². The molecule has 0 N–H and O–H groups in total. The molecule has 140 valence electrons. The van der Waals surface area contributed by atoms with Crippen molar-refractivity contribution in [2.24, 2.45) is 0 Å². The minimum absolute atomic E-state index is 0.181. The van der Waals surface area contributed by atoms with Crippen LogP contribution in [-0.4, -0.2) is 44.4 Å². The van der Waals surface area contributed by atoms with Crippen LogP contribution in [0.4, 0.5) is 0 Å². The van der Waals surface area contributed by atoms with E-state index in [-0.39, 0.29) is 5.97 Å². The lowest BCUT2D eigenvalue weighted by atomic mass is 10.1. The Bertz CT molecular complexity index is 640. The Morgan fingerprint density at radius 1 is 1.12 bits per heavy atom. The molecule has 1 aromatic rings. The summed E-state index contributed by atoms with van der Waals surface area (Å²) in [5.74, 6) is -0.181. The van der Waals surface area contributed by atoms with Crippen molar-refractivity contribution in [3.63, 3.8) is 0 Å². The Morgan fingerprint density at radius 2 is 1.76 bits per heavy atom. The van der Waals surface area contributed by atoms with Crippen molar-refractivity contribution >= 4 is 22.3 Å². The molecule has 0 saturated carbocycles. The minimum Gasteiger partial charge on any atom is -0.466 e. The predicted molar refractivity (Wildman–Crippen MR) is 96.8 cm³/mol. The van der Waals surface area contributed by atoms with Gasteiger partial charge in [0, 0.05) is 25.1 Å². The lowest BCUT2D eigenvalue weighted by Gasteiger charge is -2.20. The van der Waals surface area contributed by atoms with Crippen LogP contribution in [0.1, 0.15) is 54.9 Å². The van der Waals surface area contributed by atoms with E-state index in [0.717, 1.165) is 37.5 Å². The normalized spacial score (nSPS) is 11.5. The molecule has 0 unspecified atom stereocenters. The number of sulfonamides is 1. The van der Waals surface area contributed by atoms with Gasteiger partial charge in [0.15, 0.2) is 0 Å². The van der Waals surface area contributed by atoms with Crippen LogP contribution in [0.25, 0.3) is 0 Å². The van der Waals surface area contributed by atoms with Crippen LogP contribution >= 0.6 is 0 Å². The zero-order chi connectivity index (χ0) is 18.7. The largest absolute Gasteiger partial charge is 0.466 e. The highest BCUT2D eigenvalue weighted by Gasteiger charge is 2.16. The highest BCUT2D eigenvalue weighted by atomic mass is 32.2. The standard InChI is InChI=1S/C18H27NO5S/c1-3-24-18(21)8-6-4-5-7-13-19(25(2,22)23)14-16-9-11-17(15-20)12-10-16/h9-12,15H,3-8,13-14H2,1-2H3. The van der Waals surface area contributed by atoms with E-state index in [2.05, 4.69) is 0 Å². The lowest BCUT2D eigenvalue weighted by molar-refractivity contribution is -0.143. The molecule has 6 nitrogen and oxygen atoms in total. The number of rotatable bonds is 12. The molecule has 0 fully saturated rings. The van der Waals surface area contributed by atoms with Crippen LogP contribution in [0, 0.1) is 0 Å². The molecule has 0 aromatic heterocycles. The molecule has 1 rings (SSSR count). The van der Waals surface area contributed by atoms with Gasteiger partial charge in [0.2, 0.25) is 10.0 Å². The van der Waals surface area contributed by atoms with Gasteiger partial charge in [-0.05, 0) is 25.3 Å². The van der Waals surface area contributed by atoms with Crippen molar-refractivity contribution in [2.45, 2.75) is 45.6 Å². The van der Waals surface area contributed by atoms with E-state index in [1.807, 2.05) is 0 Å². The van der Waals surface area contributed by atoms with Gasteiger partial charge >= 0.3 is 5.97 Å². The SMILES string of the molecule is CCOC(=O)CCCCCCN(Cc1ccc(C=O)cc1)S(C)(=O)=O. The maximum atomic E-state index is 11.9. The fourth-order valence-corrected chi connectivity index (χ4v) is 3.26. The predicted octanol–water partition coefficient (Wildman–Crippen LogP) is 2.77. The Morgan fingerprint density at radius 3 is 2.32 bits per heavy atom. The number of hydrogen-bond acceptors (Lipinski definition) is 5. The summed E-state index contributed by atoms with van der Waals surface area (Å²) in [6.45, 7) is 2.91. The van der Waals surface area contributed by atoms with E-state index >= 15 is 0 Å². The average molecular weight is 369 g/mol. The van der Waals surface area contributed by atoms with Gasteiger partial charge in [-0.15, -0.1) is 0 Å². The van der Waals surface area contributed by atoms with E-state index in [4.69, 9.17) is 4.74 Å². The number of benzene rings is 1. The summed E-state index contributed by atoms with van der Waals surface area (Å²) in [6.07, 6.45) is 5.59. The first-order valence-corrected chi connectivity index (χ1v) is 10.4. The number of aldehydes is 1. The number of unbranched alkanes of at least 4 members (excludes halogenated alkanes) is 3. The topological polar surface area (TPSA) is 80.8 Å². The van der Waals surface area contributed by atoms with Gasteiger partial charge in [-0.3, -0.25) is 9.59 Å². The molecule has 0 amide bonds. The molecule has 0 radical (unpaired) electrons. The first-order chi connectivity index (χ1) is 11.9. The van der Waals surface area contributed by atoms with Gasteiger partial charge in [-0.1, -0.05) is 37.1 Å². The molecule has 0 saturated heterocycles. The van der Waals surface area contributed by atoms with Crippen LogP contribution in [0.5, 0.6) is 0 Å². The van der Waals surface area contributed by atoms with Crippen LogP contribution in [0.2, 0.25) is 0 Å². The number of nitrogens with zero attached hydrogens (tertiary/aromatic N) is 1. The second-order valence-corrected chi connectivity index (χ2v) is 7.91. The van der Waals surface area contributed by atoms with Gasteiger partial charge in [-0.25, -0.2) is 8.42 Å². The van der Waals surface area contributed by atoms with Crippen molar-refractivity contribution < 1.29 is 22.7 Å². The van der Waals surface area contributed by atoms with Crippen LogP contribution in [0.3, 0.4) is 0 Å². The third-order valence-corrected chi connectivity index (χ3v) is 5.04. The maximum absolute atomic E-state index is 11.9. The fraction of sp³-hybridized carbons (Fsp3) is 0.556. The third kappa shape index (κ3) is 8.79. The van der Waals surface area contributed by atoms with Crippen molar-refractivity contribution in [2.75, 3.05) is 19.4 Å². The molecule has 7 heteroatoms. The molecule has 0 heterocycles. The number of carbonyl (C=O) groups is 2. The fourth-order valence-electron chi connectivity index (χ4n) is 2.41. The summed E-state index contributed by atoms with van der Waals surface area (Å²) in [5.41, 5.74) is 1.41. The molecule has 1 aromatic carbocycles. The molecule has 0 aliphatic carbocycles. The Hall–Kier alpha value is -1.73. The van der Waals surface area contributed by atoms with Crippen LogP contribution in [0.15, 0.2) is 24.3 Å². The Labute approximate surface area is 150 Å². The number of carbonyl (C=O) groups excluding carboxylic acids is 2. The highest BCUT2D eigenvalue weighted by Crippen LogP contribution is 2.12. The molecule has 0 atom stereocenters. The van der Waals surface area contributed by atoms with E-state index in [1.165, 1.54) is 10.6 Å². The monoisotopic (exact) mass is 369 g/mol. The van der Waals surface area contributed by atoms with E-state index in [9.17, 15) is 18.0 Å². The lowest BCUT2D eigenvalue weighted by Crippen LogP contribution is -2.30. The Kier molecular flexibility index (Phi) is 9.37. The van der Waals surface area contributed by atoms with Crippen molar-refractivity contribution in [3.05, 3.63) is 35.4 Å². The summed E-state index contributed by atoms with van der Waals surface area (Å²) in [6, 6.07) is 6.89. The maximum Gasteiger partial charge on any atom is 0.305 e. The van der Waals surface area contributed by atoms with Gasteiger partial charge in [-0.2, -0.15) is 4.31 Å². The quantitative estimate of drug-likeness (QED) is 0.321. The van der Waals surface area contributed by atoms with E-state index in [1.54, 1.807) is 31.2 Å². The number of esters is 1. The molecule has 0 aliphatic rings. The van der Waals surface area contributed by atoms with Crippen molar-refractivity contribution in [1.29, 1.82) is 0 Å². The molecule has 0 spiro atoms. The van der Waals surface area contributed by atoms with Gasteiger partial charge in [0.1, 0.15) is 6.29 Å². The first kappa shape index (κ1) is 21.3. The zero-order valence-corrected chi connectivity index (χ0v) is 15.8. The van der Waals surface area contributed by atoms with Gasteiger partial charge < -0.3 is 4.74 Å². The summed E-state index contributed by atoms with van der Waals surface area (Å²) in [4.78, 5) is 21.9. The second kappa shape index (κ2) is 11.0. The molecule has 0 bridgehead atoms. The molecule has 25 heavy (non-hydrogen) atoms. The molecular formula is C18H27NO5S. The third-order valence-electron chi connectivity index (χ3n) is 3.79. The van der Waals surface area contributed by atoms with Crippen LogP contribution in [-0.2, 0) is 26.1 Å². The number of hydrogen-bond donors (Lipinski definition) is 0. The Balaban J connectivity index is 2.41. The van der Waals surface area contributed by atoms with E-state index < -0.39 is 10.0 Å². The summed E-state index contributed by atoms with van der Waals surface area (Å²) >= 11 is 0. The smallest absolute Gasteiger partial charge is 0.305 e. The van der Waals surface area contributed by atoms with Gasteiger partial charge in [0.05, 0.1) is 12.9 Å². The minimum atomic E-state index is -3.30. The molecule has 0 aliphatic heterocycles. The molecular weight excluding hydrogens is 342 g/mol. The summed E-state index contributed by atoms with van der Waals surface area (Å²) in [7, 11) is -3.30. The second-order valence-electron chi connectivity index (χ2n) is 5.93. The zero-order valence-electron chi connectivity index (χ0n) is 14.9. The number of ether oxygens (including phenoxy) is 1. The van der Waals surface area contributed by atoms with Crippen molar-refractivity contribution in [3.8, 4) is 0 Å². The first-order valence-electron chi connectivity index (χ1n) is 8.51. The average Bonchev–Trinajstić information content (AvgIpc) is 2.56. The summed E-state index contributed by atoms with van der Waals surface area (Å²) < 4.78 is 30.2. The highest BCUT2D eigenvalue weighted by molar-refractivity contribution is 7.88. The van der Waals surface area contributed by atoms with Gasteiger partial charge in [0.25, 0.3) is 0 Å².